The second-order valence-corrected chi connectivity index (χ2v) is 6.47. The van der Waals surface area contributed by atoms with E-state index in [1.54, 1.807) is 6.20 Å². The molecule has 1 atom stereocenters. The fraction of sp³-hybridized carbons (Fsp3) is 0.643. The highest BCUT2D eigenvalue weighted by Crippen LogP contribution is 2.22. The van der Waals surface area contributed by atoms with Gasteiger partial charge in [0.15, 0.2) is 0 Å². The van der Waals surface area contributed by atoms with Gasteiger partial charge in [0.25, 0.3) is 0 Å². The zero-order valence-corrected chi connectivity index (χ0v) is 13.5. The van der Waals surface area contributed by atoms with E-state index in [1.807, 2.05) is 0 Å². The Morgan fingerprint density at radius 2 is 2.11 bits per heavy atom. The molecule has 0 radical (unpaired) electrons. The van der Waals surface area contributed by atoms with Crippen LogP contribution in [0.4, 0.5) is 0 Å². The molecule has 0 spiro atoms. The molecule has 0 aliphatic rings. The van der Waals surface area contributed by atoms with E-state index in [0.29, 0.717) is 0 Å². The van der Waals surface area contributed by atoms with Gasteiger partial charge in [-0.25, -0.2) is 4.98 Å². The van der Waals surface area contributed by atoms with Gasteiger partial charge in [0.2, 0.25) is 5.88 Å². The number of rotatable bonds is 5. The van der Waals surface area contributed by atoms with E-state index in [4.69, 9.17) is 4.74 Å². The lowest BCUT2D eigenvalue weighted by Gasteiger charge is -2.22. The number of hydrogen-bond donors (Lipinski definition) is 1. The minimum absolute atomic E-state index is 0.0793. The Morgan fingerprint density at radius 1 is 1.44 bits per heavy atom. The molecule has 0 saturated heterocycles. The van der Waals surface area contributed by atoms with Crippen molar-refractivity contribution in [2.45, 2.75) is 59.2 Å². The Kier molecular flexibility index (Phi) is 5.60. The Balaban J connectivity index is 2.83. The molecule has 1 N–H and O–H groups in total. The molecule has 0 aliphatic heterocycles. The third kappa shape index (κ3) is 5.36. The first-order chi connectivity index (χ1) is 8.31. The van der Waals surface area contributed by atoms with Crippen molar-refractivity contribution < 1.29 is 4.74 Å². The minimum Gasteiger partial charge on any atom is -0.474 e. The van der Waals surface area contributed by atoms with Crippen LogP contribution in [0.2, 0.25) is 0 Å². The lowest BCUT2D eigenvalue weighted by Crippen LogP contribution is -2.35. The number of halogens is 1. The topological polar surface area (TPSA) is 34.1 Å². The lowest BCUT2D eigenvalue weighted by molar-refractivity contribution is 0.205. The highest BCUT2D eigenvalue weighted by atomic mass is 79.9. The largest absolute Gasteiger partial charge is 0.474 e. The molecule has 0 amide bonds. The molecule has 18 heavy (non-hydrogen) atoms. The van der Waals surface area contributed by atoms with Gasteiger partial charge < -0.3 is 10.1 Å². The summed E-state index contributed by atoms with van der Waals surface area (Å²) in [4.78, 5) is 4.36. The van der Waals surface area contributed by atoms with E-state index in [2.05, 4.69) is 66.9 Å². The maximum atomic E-state index is 5.84. The van der Waals surface area contributed by atoms with Crippen LogP contribution in [0, 0.1) is 0 Å². The normalized spacial score (nSPS) is 13.4. The predicted octanol–water partition coefficient (Wildman–Crippen LogP) is 3.91. The zero-order valence-electron chi connectivity index (χ0n) is 11.9. The lowest BCUT2D eigenvalue weighted by atomic mass is 10.1. The van der Waals surface area contributed by atoms with Crippen LogP contribution in [0.1, 0.15) is 46.6 Å². The maximum Gasteiger partial charge on any atom is 0.218 e. The van der Waals surface area contributed by atoms with Gasteiger partial charge in [0, 0.05) is 28.3 Å². The fourth-order valence-electron chi connectivity index (χ4n) is 1.34. The molecule has 0 aliphatic carbocycles. The predicted molar refractivity (Wildman–Crippen MR) is 78.9 cm³/mol. The Hall–Kier alpha value is -0.610. The number of aromatic nitrogens is 1. The molecule has 1 rings (SSSR count). The number of hydrogen-bond acceptors (Lipinski definition) is 3. The average molecular weight is 315 g/mol. The van der Waals surface area contributed by atoms with Crippen LogP contribution in [0.15, 0.2) is 16.7 Å². The Bertz CT molecular complexity index is 388. The van der Waals surface area contributed by atoms with Crippen molar-refractivity contribution >= 4 is 15.9 Å². The first-order valence-corrected chi connectivity index (χ1v) is 7.17. The number of nitrogens with zero attached hydrogens (tertiary/aromatic N) is 1. The third-order valence-corrected chi connectivity index (χ3v) is 3.02. The van der Waals surface area contributed by atoms with E-state index < -0.39 is 0 Å². The quantitative estimate of drug-likeness (QED) is 0.894. The molecular formula is C14H23BrN2O. The van der Waals surface area contributed by atoms with Gasteiger partial charge in [-0.05, 0) is 56.1 Å². The molecule has 4 heteroatoms. The summed E-state index contributed by atoms with van der Waals surface area (Å²) < 4.78 is 6.82. The van der Waals surface area contributed by atoms with Gasteiger partial charge in [-0.15, -0.1) is 0 Å². The van der Waals surface area contributed by atoms with Gasteiger partial charge in [-0.2, -0.15) is 0 Å². The van der Waals surface area contributed by atoms with E-state index in [1.165, 1.54) is 0 Å². The molecule has 102 valence electrons. The van der Waals surface area contributed by atoms with Crippen LogP contribution >= 0.6 is 15.9 Å². The molecule has 0 fully saturated rings. The Morgan fingerprint density at radius 3 is 2.67 bits per heavy atom. The SMILES string of the molecule is CCC(C)Oc1ncc(Br)cc1CNC(C)(C)C. The van der Waals surface area contributed by atoms with Crippen molar-refractivity contribution in [1.29, 1.82) is 0 Å². The van der Waals surface area contributed by atoms with Gasteiger partial charge in [0.1, 0.15) is 0 Å². The first kappa shape index (κ1) is 15.4. The molecule has 1 heterocycles. The van der Waals surface area contributed by atoms with Gasteiger partial charge >= 0.3 is 0 Å². The summed E-state index contributed by atoms with van der Waals surface area (Å²) in [5, 5.41) is 3.46. The Labute approximate surface area is 118 Å². The van der Waals surface area contributed by atoms with E-state index in [9.17, 15) is 0 Å². The molecule has 0 saturated carbocycles. The third-order valence-electron chi connectivity index (χ3n) is 2.59. The van der Waals surface area contributed by atoms with Crippen molar-refractivity contribution in [2.75, 3.05) is 0 Å². The average Bonchev–Trinajstić information content (AvgIpc) is 2.28. The van der Waals surface area contributed by atoms with Crippen molar-refractivity contribution in [2.24, 2.45) is 0 Å². The summed E-state index contributed by atoms with van der Waals surface area (Å²) >= 11 is 3.45. The highest BCUT2D eigenvalue weighted by Gasteiger charge is 2.13. The first-order valence-electron chi connectivity index (χ1n) is 6.38. The van der Waals surface area contributed by atoms with Gasteiger partial charge in [0.05, 0.1) is 6.10 Å². The summed E-state index contributed by atoms with van der Waals surface area (Å²) in [5.41, 5.74) is 1.16. The summed E-state index contributed by atoms with van der Waals surface area (Å²) in [6.07, 6.45) is 2.94. The summed E-state index contributed by atoms with van der Waals surface area (Å²) in [5.74, 6) is 0.726. The fourth-order valence-corrected chi connectivity index (χ4v) is 1.71. The maximum absolute atomic E-state index is 5.84. The van der Waals surface area contributed by atoms with E-state index in [-0.39, 0.29) is 11.6 Å². The van der Waals surface area contributed by atoms with E-state index >= 15 is 0 Å². The van der Waals surface area contributed by atoms with Crippen molar-refractivity contribution in [3.8, 4) is 5.88 Å². The summed E-state index contributed by atoms with van der Waals surface area (Å²) in [6.45, 7) is 11.4. The number of nitrogens with one attached hydrogen (secondary N) is 1. The monoisotopic (exact) mass is 314 g/mol. The second kappa shape index (κ2) is 6.53. The van der Waals surface area contributed by atoms with Crippen LogP contribution in [0.5, 0.6) is 5.88 Å². The van der Waals surface area contributed by atoms with Gasteiger partial charge in [-0.3, -0.25) is 0 Å². The zero-order chi connectivity index (χ0) is 13.8. The molecule has 1 aromatic rings. The minimum atomic E-state index is 0.0793. The molecule has 1 unspecified atom stereocenters. The number of pyridine rings is 1. The van der Waals surface area contributed by atoms with Crippen LogP contribution in [0.25, 0.3) is 0 Å². The molecular weight excluding hydrogens is 292 g/mol. The van der Waals surface area contributed by atoms with Crippen molar-refractivity contribution in [3.05, 3.63) is 22.3 Å². The number of ether oxygens (including phenoxy) is 1. The summed E-state index contributed by atoms with van der Waals surface area (Å²) in [6, 6.07) is 2.06. The van der Waals surface area contributed by atoms with Gasteiger partial charge in [-0.1, -0.05) is 6.92 Å². The van der Waals surface area contributed by atoms with Crippen LogP contribution in [0.3, 0.4) is 0 Å². The standard InChI is InChI=1S/C14H23BrN2O/c1-6-10(2)18-13-11(7-12(15)9-16-13)8-17-14(3,4)5/h7,9-10,17H,6,8H2,1-5H3. The van der Waals surface area contributed by atoms with Crippen LogP contribution in [-0.4, -0.2) is 16.6 Å². The molecule has 3 nitrogen and oxygen atoms in total. The molecule has 0 aromatic carbocycles. The summed E-state index contributed by atoms with van der Waals surface area (Å²) in [7, 11) is 0. The van der Waals surface area contributed by atoms with Crippen molar-refractivity contribution in [1.82, 2.24) is 10.3 Å². The van der Waals surface area contributed by atoms with Crippen molar-refractivity contribution in [3.63, 3.8) is 0 Å². The smallest absolute Gasteiger partial charge is 0.218 e. The highest BCUT2D eigenvalue weighted by molar-refractivity contribution is 9.10. The molecule has 1 aromatic heterocycles. The van der Waals surface area contributed by atoms with Crippen LogP contribution < -0.4 is 10.1 Å². The van der Waals surface area contributed by atoms with Crippen LogP contribution in [-0.2, 0) is 6.54 Å². The molecule has 0 bridgehead atoms. The second-order valence-electron chi connectivity index (χ2n) is 5.56. The van der Waals surface area contributed by atoms with E-state index in [0.717, 1.165) is 28.9 Å².